The van der Waals surface area contributed by atoms with Gasteiger partial charge in [-0.05, 0) is 0 Å². The fourth-order valence-electron chi connectivity index (χ4n) is 0.833. The van der Waals surface area contributed by atoms with E-state index in [1.165, 1.54) is 0 Å². The largest absolute Gasteiger partial charge is 0.387 e. The first-order chi connectivity index (χ1) is 5.74. The smallest absolute Gasteiger partial charge is 0.130 e. The summed E-state index contributed by atoms with van der Waals surface area (Å²) in [5.41, 5.74) is 5.55. The molecule has 0 radical (unpaired) electrons. The lowest BCUT2D eigenvalue weighted by atomic mass is 10.4. The van der Waals surface area contributed by atoms with Gasteiger partial charge in [-0.15, -0.1) is 0 Å². The molecular formula is C8H14N4. The second-order valence-electron chi connectivity index (χ2n) is 2.62. The van der Waals surface area contributed by atoms with Crippen LogP contribution in [0.2, 0.25) is 0 Å². The van der Waals surface area contributed by atoms with Crippen molar-refractivity contribution in [3.8, 4) is 0 Å². The maximum Gasteiger partial charge on any atom is 0.130 e. The maximum atomic E-state index is 5.55. The first-order valence-electron chi connectivity index (χ1n) is 3.99. The molecule has 0 bridgehead atoms. The van der Waals surface area contributed by atoms with Crippen LogP contribution in [0.3, 0.4) is 0 Å². The van der Waals surface area contributed by atoms with Gasteiger partial charge in [0.1, 0.15) is 5.82 Å². The van der Waals surface area contributed by atoms with Crippen LogP contribution in [0.25, 0.3) is 0 Å². The van der Waals surface area contributed by atoms with E-state index < -0.39 is 0 Å². The second-order valence-corrected chi connectivity index (χ2v) is 2.62. The molecule has 0 aliphatic carbocycles. The highest BCUT2D eigenvalue weighted by Gasteiger charge is 1.96. The Hall–Kier alpha value is -1.32. The number of nitrogens with zero attached hydrogens (tertiary/aromatic N) is 3. The first kappa shape index (κ1) is 8.77. The minimum Gasteiger partial charge on any atom is -0.387 e. The minimum atomic E-state index is 0.573. The molecule has 0 aliphatic heterocycles. The predicted octanol–water partition coefficient (Wildman–Crippen LogP) is 0.687. The Morgan fingerprint density at radius 1 is 1.75 bits per heavy atom. The molecule has 0 aromatic carbocycles. The van der Waals surface area contributed by atoms with Crippen LogP contribution in [0.5, 0.6) is 0 Å². The summed E-state index contributed by atoms with van der Waals surface area (Å²) >= 11 is 0. The Balaban J connectivity index is 2.59. The third-order valence-corrected chi connectivity index (χ3v) is 1.71. The number of hydrogen-bond donors (Lipinski definition) is 1. The van der Waals surface area contributed by atoms with Gasteiger partial charge in [-0.25, -0.2) is 4.98 Å². The van der Waals surface area contributed by atoms with Gasteiger partial charge in [0.05, 0.1) is 12.4 Å². The Morgan fingerprint density at radius 3 is 3.00 bits per heavy atom. The van der Waals surface area contributed by atoms with Crippen LogP contribution in [0.15, 0.2) is 17.4 Å². The summed E-state index contributed by atoms with van der Waals surface area (Å²) < 4.78 is 1.94. The Bertz CT molecular complexity index is 274. The molecule has 1 aromatic heterocycles. The van der Waals surface area contributed by atoms with E-state index in [-0.39, 0.29) is 0 Å². The Morgan fingerprint density at radius 2 is 2.50 bits per heavy atom. The number of aromatic nitrogens is 2. The normalized spacial score (nSPS) is 12.0. The average molecular weight is 166 g/mol. The first-order valence-corrected chi connectivity index (χ1v) is 3.99. The van der Waals surface area contributed by atoms with E-state index in [9.17, 15) is 0 Å². The van der Waals surface area contributed by atoms with Crippen LogP contribution >= 0.6 is 0 Å². The molecule has 2 N–H and O–H groups in total. The highest BCUT2D eigenvalue weighted by molar-refractivity contribution is 5.79. The van der Waals surface area contributed by atoms with Crippen LogP contribution < -0.4 is 5.73 Å². The standard InChI is InChI=1S/C8H14N4/c1-3-7(9)11-6-8-10-4-5-12(8)2/h4-5H,3,6H2,1-2H3,(H2,9,11). The van der Waals surface area contributed by atoms with Crippen molar-refractivity contribution < 1.29 is 0 Å². The molecule has 1 heterocycles. The van der Waals surface area contributed by atoms with Crippen molar-refractivity contribution in [1.82, 2.24) is 9.55 Å². The molecule has 0 aliphatic rings. The van der Waals surface area contributed by atoms with Gasteiger partial charge in [-0.2, -0.15) is 0 Å². The van der Waals surface area contributed by atoms with E-state index in [0.29, 0.717) is 12.4 Å². The van der Waals surface area contributed by atoms with Gasteiger partial charge >= 0.3 is 0 Å². The third-order valence-electron chi connectivity index (χ3n) is 1.71. The van der Waals surface area contributed by atoms with Crippen molar-refractivity contribution in [2.75, 3.05) is 0 Å². The van der Waals surface area contributed by atoms with Crippen LogP contribution in [0.4, 0.5) is 0 Å². The van der Waals surface area contributed by atoms with Crippen molar-refractivity contribution >= 4 is 5.84 Å². The van der Waals surface area contributed by atoms with Crippen LogP contribution in [-0.4, -0.2) is 15.4 Å². The third kappa shape index (κ3) is 2.08. The summed E-state index contributed by atoms with van der Waals surface area (Å²) in [4.78, 5) is 8.28. The molecule has 0 spiro atoms. The van der Waals surface area contributed by atoms with E-state index in [1.807, 2.05) is 24.7 Å². The molecule has 0 saturated heterocycles. The minimum absolute atomic E-state index is 0.573. The molecule has 66 valence electrons. The number of aryl methyl sites for hydroxylation is 1. The quantitative estimate of drug-likeness (QED) is 0.530. The highest BCUT2D eigenvalue weighted by Crippen LogP contribution is 1.96. The van der Waals surface area contributed by atoms with E-state index in [2.05, 4.69) is 9.98 Å². The number of aliphatic imine (C=N–C) groups is 1. The molecule has 1 aromatic rings. The van der Waals surface area contributed by atoms with Gasteiger partial charge < -0.3 is 10.3 Å². The topological polar surface area (TPSA) is 56.2 Å². The molecule has 4 heteroatoms. The van der Waals surface area contributed by atoms with Crippen LogP contribution in [0, 0.1) is 0 Å². The number of rotatable bonds is 3. The zero-order valence-electron chi connectivity index (χ0n) is 7.49. The molecule has 0 saturated carbocycles. The Labute approximate surface area is 72.1 Å². The van der Waals surface area contributed by atoms with Gasteiger partial charge in [0, 0.05) is 25.9 Å². The van der Waals surface area contributed by atoms with Crippen molar-refractivity contribution in [3.05, 3.63) is 18.2 Å². The lowest BCUT2D eigenvalue weighted by molar-refractivity contribution is 0.792. The molecule has 0 amide bonds. The van der Waals surface area contributed by atoms with Crippen molar-refractivity contribution in [1.29, 1.82) is 0 Å². The molecule has 12 heavy (non-hydrogen) atoms. The molecule has 0 fully saturated rings. The van der Waals surface area contributed by atoms with E-state index in [1.54, 1.807) is 6.20 Å². The van der Waals surface area contributed by atoms with Crippen molar-refractivity contribution in [3.63, 3.8) is 0 Å². The van der Waals surface area contributed by atoms with Gasteiger partial charge in [0.2, 0.25) is 0 Å². The summed E-state index contributed by atoms with van der Waals surface area (Å²) in [7, 11) is 1.94. The van der Waals surface area contributed by atoms with Gasteiger partial charge in [-0.3, -0.25) is 4.99 Å². The van der Waals surface area contributed by atoms with Gasteiger partial charge in [0.25, 0.3) is 0 Å². The highest BCUT2D eigenvalue weighted by atomic mass is 15.1. The fraction of sp³-hybridized carbons (Fsp3) is 0.500. The Kier molecular flexibility index (Phi) is 2.85. The lowest BCUT2D eigenvalue weighted by Crippen LogP contribution is -2.10. The van der Waals surface area contributed by atoms with E-state index in [0.717, 1.165) is 12.2 Å². The number of amidine groups is 1. The molecular weight excluding hydrogens is 152 g/mol. The summed E-state index contributed by atoms with van der Waals surface area (Å²) in [6, 6.07) is 0. The van der Waals surface area contributed by atoms with E-state index >= 15 is 0 Å². The second kappa shape index (κ2) is 3.90. The van der Waals surface area contributed by atoms with Crippen molar-refractivity contribution in [2.45, 2.75) is 19.9 Å². The summed E-state index contributed by atoms with van der Waals surface area (Å²) in [5, 5.41) is 0. The SMILES string of the molecule is CCC(N)=NCc1nccn1C. The fourth-order valence-corrected chi connectivity index (χ4v) is 0.833. The number of imidazole rings is 1. The van der Waals surface area contributed by atoms with Crippen molar-refractivity contribution in [2.24, 2.45) is 17.8 Å². The van der Waals surface area contributed by atoms with Gasteiger partial charge in [-0.1, -0.05) is 6.92 Å². The zero-order chi connectivity index (χ0) is 8.97. The maximum absolute atomic E-state index is 5.55. The van der Waals surface area contributed by atoms with Gasteiger partial charge in [0.15, 0.2) is 0 Å². The monoisotopic (exact) mass is 166 g/mol. The zero-order valence-corrected chi connectivity index (χ0v) is 7.49. The van der Waals surface area contributed by atoms with Crippen LogP contribution in [-0.2, 0) is 13.6 Å². The van der Waals surface area contributed by atoms with E-state index in [4.69, 9.17) is 5.73 Å². The molecule has 1 rings (SSSR count). The number of hydrogen-bond acceptors (Lipinski definition) is 2. The molecule has 4 nitrogen and oxygen atoms in total. The summed E-state index contributed by atoms with van der Waals surface area (Å²) in [6.07, 6.45) is 4.45. The molecule has 0 unspecified atom stereocenters. The molecule has 0 atom stereocenters. The predicted molar refractivity (Wildman–Crippen MR) is 48.8 cm³/mol. The number of nitrogens with two attached hydrogens (primary N) is 1. The lowest BCUT2D eigenvalue weighted by Gasteiger charge is -1.98. The summed E-state index contributed by atoms with van der Waals surface area (Å²) in [5.74, 6) is 1.62. The van der Waals surface area contributed by atoms with Crippen LogP contribution in [0.1, 0.15) is 19.2 Å². The average Bonchev–Trinajstić information content (AvgIpc) is 2.47. The summed E-state index contributed by atoms with van der Waals surface area (Å²) in [6.45, 7) is 2.56.